The average molecular weight is 229 g/mol. The molecule has 0 aromatic carbocycles. The van der Waals surface area contributed by atoms with Crippen LogP contribution in [0.3, 0.4) is 0 Å². The van der Waals surface area contributed by atoms with Crippen LogP contribution >= 0.6 is 11.8 Å². The highest BCUT2D eigenvalue weighted by Gasteiger charge is 2.13. The predicted octanol–water partition coefficient (Wildman–Crippen LogP) is 2.16. The van der Waals surface area contributed by atoms with Crippen molar-refractivity contribution in [3.05, 3.63) is 11.7 Å². The second-order valence-corrected chi connectivity index (χ2v) is 5.67. The van der Waals surface area contributed by atoms with Gasteiger partial charge >= 0.3 is 0 Å². The second-order valence-electron chi connectivity index (χ2n) is 4.68. The van der Waals surface area contributed by atoms with Crippen molar-refractivity contribution in [3.63, 3.8) is 0 Å². The summed E-state index contributed by atoms with van der Waals surface area (Å²) in [6.45, 7) is 8.09. The lowest BCUT2D eigenvalue weighted by molar-refractivity contribution is 0.362. The Balaban J connectivity index is 2.38. The first-order valence-corrected chi connectivity index (χ1v) is 6.23. The molecule has 4 nitrogen and oxygen atoms in total. The maximum absolute atomic E-state index is 5.87. The lowest BCUT2D eigenvalue weighted by Crippen LogP contribution is -2.34. The zero-order valence-corrected chi connectivity index (χ0v) is 10.6. The van der Waals surface area contributed by atoms with Crippen molar-refractivity contribution >= 4 is 11.8 Å². The van der Waals surface area contributed by atoms with Crippen LogP contribution in [0.4, 0.5) is 0 Å². The number of hydrogen-bond acceptors (Lipinski definition) is 5. The molecule has 0 fully saturated rings. The van der Waals surface area contributed by atoms with E-state index in [1.54, 1.807) is 11.8 Å². The van der Waals surface area contributed by atoms with Crippen molar-refractivity contribution in [1.82, 2.24) is 10.1 Å². The van der Waals surface area contributed by atoms with Gasteiger partial charge in [0.2, 0.25) is 5.89 Å². The molecule has 0 unspecified atom stereocenters. The highest BCUT2D eigenvalue weighted by Crippen LogP contribution is 2.16. The van der Waals surface area contributed by atoms with Gasteiger partial charge in [-0.2, -0.15) is 16.7 Å². The molecular weight excluding hydrogens is 210 g/mol. The van der Waals surface area contributed by atoms with E-state index >= 15 is 0 Å². The van der Waals surface area contributed by atoms with Gasteiger partial charge in [-0.3, -0.25) is 0 Å². The van der Waals surface area contributed by atoms with E-state index in [0.717, 1.165) is 17.3 Å². The molecule has 0 atom stereocenters. The molecule has 0 aliphatic rings. The van der Waals surface area contributed by atoms with Gasteiger partial charge < -0.3 is 10.3 Å². The Bertz CT molecular complexity index is 304. The zero-order valence-electron chi connectivity index (χ0n) is 9.78. The molecule has 0 radical (unpaired) electrons. The third-order valence-corrected chi connectivity index (χ3v) is 3.09. The lowest BCUT2D eigenvalue weighted by Gasteiger charge is -2.16. The van der Waals surface area contributed by atoms with Crippen molar-refractivity contribution in [2.45, 2.75) is 44.9 Å². The van der Waals surface area contributed by atoms with Gasteiger partial charge in [-0.1, -0.05) is 19.0 Å². The molecule has 0 saturated carbocycles. The normalized spacial score (nSPS) is 12.4. The summed E-state index contributed by atoms with van der Waals surface area (Å²) in [5, 5.41) is 3.91. The van der Waals surface area contributed by atoms with Crippen LogP contribution in [0.5, 0.6) is 0 Å². The van der Waals surface area contributed by atoms with Gasteiger partial charge in [-0.05, 0) is 13.8 Å². The number of hydrogen-bond donors (Lipinski definition) is 1. The monoisotopic (exact) mass is 229 g/mol. The molecule has 0 spiro atoms. The maximum Gasteiger partial charge on any atom is 0.229 e. The summed E-state index contributed by atoms with van der Waals surface area (Å²) in [5.41, 5.74) is 5.72. The van der Waals surface area contributed by atoms with Crippen LogP contribution in [0.1, 0.15) is 45.3 Å². The van der Waals surface area contributed by atoms with Crippen LogP contribution in [0, 0.1) is 0 Å². The average Bonchev–Trinajstić information content (AvgIpc) is 2.50. The summed E-state index contributed by atoms with van der Waals surface area (Å²) in [7, 11) is 0. The zero-order chi connectivity index (χ0) is 11.5. The number of nitrogens with two attached hydrogens (primary N) is 1. The number of nitrogens with zero attached hydrogens (tertiary/aromatic N) is 2. The fourth-order valence-corrected chi connectivity index (χ4v) is 1.89. The van der Waals surface area contributed by atoms with Crippen LogP contribution in [0.2, 0.25) is 0 Å². The highest BCUT2D eigenvalue weighted by molar-refractivity contribution is 7.98. The molecule has 1 rings (SSSR count). The molecule has 86 valence electrons. The molecule has 0 aliphatic heterocycles. The van der Waals surface area contributed by atoms with Gasteiger partial charge in [0.25, 0.3) is 0 Å². The Morgan fingerprint density at radius 2 is 2.13 bits per heavy atom. The van der Waals surface area contributed by atoms with Crippen molar-refractivity contribution in [2.75, 3.05) is 5.75 Å². The molecule has 0 aliphatic carbocycles. The van der Waals surface area contributed by atoms with E-state index in [-0.39, 0.29) is 5.54 Å². The summed E-state index contributed by atoms with van der Waals surface area (Å²) in [6, 6.07) is 0. The molecular formula is C10H19N3OS. The van der Waals surface area contributed by atoms with Crippen LogP contribution in [-0.4, -0.2) is 21.4 Å². The minimum absolute atomic E-state index is 0.144. The van der Waals surface area contributed by atoms with E-state index in [1.807, 2.05) is 27.7 Å². The Kier molecular flexibility index (Phi) is 4.16. The molecule has 1 aromatic heterocycles. The Morgan fingerprint density at radius 1 is 1.47 bits per heavy atom. The van der Waals surface area contributed by atoms with Crippen molar-refractivity contribution in [3.8, 4) is 0 Å². The van der Waals surface area contributed by atoms with E-state index in [0.29, 0.717) is 11.8 Å². The fourth-order valence-electron chi connectivity index (χ4n) is 0.966. The van der Waals surface area contributed by atoms with Gasteiger partial charge in [-0.25, -0.2) is 0 Å². The third kappa shape index (κ3) is 4.66. The van der Waals surface area contributed by atoms with Gasteiger partial charge in [0, 0.05) is 17.2 Å². The third-order valence-electron chi connectivity index (χ3n) is 1.68. The molecule has 1 heterocycles. The Labute approximate surface area is 95.0 Å². The standard InChI is InChI=1S/C10H19N3OS/c1-7(2)9-12-8(13-14-9)5-15-6-10(3,4)11/h7H,5-6,11H2,1-4H3. The summed E-state index contributed by atoms with van der Waals surface area (Å²) >= 11 is 1.73. The van der Waals surface area contributed by atoms with Crippen molar-refractivity contribution in [2.24, 2.45) is 5.73 Å². The molecule has 15 heavy (non-hydrogen) atoms. The van der Waals surface area contributed by atoms with E-state index in [9.17, 15) is 0 Å². The number of aromatic nitrogens is 2. The topological polar surface area (TPSA) is 64.9 Å². The molecule has 1 aromatic rings. The van der Waals surface area contributed by atoms with Crippen LogP contribution in [0.15, 0.2) is 4.52 Å². The molecule has 0 saturated heterocycles. The summed E-state index contributed by atoms with van der Waals surface area (Å²) < 4.78 is 5.10. The lowest BCUT2D eigenvalue weighted by atomic mass is 10.1. The summed E-state index contributed by atoms with van der Waals surface area (Å²) in [5.74, 6) is 3.41. The largest absolute Gasteiger partial charge is 0.339 e. The SMILES string of the molecule is CC(C)c1nc(CSCC(C)(C)N)no1. The fraction of sp³-hybridized carbons (Fsp3) is 0.800. The smallest absolute Gasteiger partial charge is 0.229 e. The van der Waals surface area contributed by atoms with Crippen molar-refractivity contribution in [1.29, 1.82) is 0 Å². The molecule has 2 N–H and O–H groups in total. The quantitative estimate of drug-likeness (QED) is 0.838. The summed E-state index contributed by atoms with van der Waals surface area (Å²) in [6.07, 6.45) is 0. The van der Waals surface area contributed by atoms with E-state index in [4.69, 9.17) is 10.3 Å². The van der Waals surface area contributed by atoms with Gasteiger partial charge in [-0.15, -0.1) is 0 Å². The first kappa shape index (κ1) is 12.5. The van der Waals surface area contributed by atoms with Crippen LogP contribution in [0.25, 0.3) is 0 Å². The van der Waals surface area contributed by atoms with Crippen LogP contribution in [-0.2, 0) is 5.75 Å². The van der Waals surface area contributed by atoms with Gasteiger partial charge in [0.15, 0.2) is 5.82 Å². The number of thioether (sulfide) groups is 1. The van der Waals surface area contributed by atoms with Crippen molar-refractivity contribution < 1.29 is 4.52 Å². The summed E-state index contributed by atoms with van der Waals surface area (Å²) in [4.78, 5) is 4.29. The maximum atomic E-state index is 5.87. The van der Waals surface area contributed by atoms with E-state index in [1.165, 1.54) is 0 Å². The molecule has 0 bridgehead atoms. The molecule has 5 heteroatoms. The van der Waals surface area contributed by atoms with E-state index in [2.05, 4.69) is 10.1 Å². The Hall–Kier alpha value is -0.550. The first-order chi connectivity index (χ1) is 6.88. The predicted molar refractivity (Wildman–Crippen MR) is 62.8 cm³/mol. The van der Waals surface area contributed by atoms with Gasteiger partial charge in [0.05, 0.1) is 5.75 Å². The second kappa shape index (κ2) is 4.99. The van der Waals surface area contributed by atoms with E-state index < -0.39 is 0 Å². The minimum Gasteiger partial charge on any atom is -0.339 e. The number of rotatable bonds is 5. The Morgan fingerprint density at radius 3 is 2.60 bits per heavy atom. The first-order valence-electron chi connectivity index (χ1n) is 5.07. The molecule has 0 amide bonds. The van der Waals surface area contributed by atoms with Crippen LogP contribution < -0.4 is 5.73 Å². The van der Waals surface area contributed by atoms with Gasteiger partial charge in [0.1, 0.15) is 0 Å². The highest BCUT2D eigenvalue weighted by atomic mass is 32.2. The minimum atomic E-state index is -0.144.